The van der Waals surface area contributed by atoms with Crippen molar-refractivity contribution in [3.8, 4) is 11.5 Å². The lowest BCUT2D eigenvalue weighted by Gasteiger charge is -2.06. The molecule has 0 heterocycles. The number of nitrogens with one attached hydrogen (secondary N) is 1. The highest BCUT2D eigenvalue weighted by Crippen LogP contribution is 2.23. The summed E-state index contributed by atoms with van der Waals surface area (Å²) in [6.07, 6.45) is 2.94. The van der Waals surface area contributed by atoms with E-state index in [-0.39, 0.29) is 16.2 Å². The molecule has 0 aliphatic rings. The van der Waals surface area contributed by atoms with Crippen LogP contribution in [-0.4, -0.2) is 46.0 Å². The largest absolute Gasteiger partial charge is 0.497 e. The van der Waals surface area contributed by atoms with Crippen LogP contribution in [0.5, 0.6) is 11.5 Å². The van der Waals surface area contributed by atoms with Crippen LogP contribution in [0.15, 0.2) is 53.4 Å². The van der Waals surface area contributed by atoms with Crippen molar-refractivity contribution in [3.05, 3.63) is 59.7 Å². The monoisotopic (exact) mass is 405 g/mol. The van der Waals surface area contributed by atoms with Crippen LogP contribution in [0.4, 0.5) is 0 Å². The smallest absolute Gasteiger partial charge is 0.318 e. The van der Waals surface area contributed by atoms with Gasteiger partial charge in [-0.15, -0.1) is 0 Å². The number of hydrogen-bond acceptors (Lipinski definition) is 6. The van der Waals surface area contributed by atoms with Crippen LogP contribution in [0.25, 0.3) is 6.08 Å². The van der Waals surface area contributed by atoms with Crippen LogP contribution >= 0.6 is 0 Å². The maximum atomic E-state index is 12.3. The Labute approximate surface area is 162 Å². The molecule has 2 aromatic carbocycles. The van der Waals surface area contributed by atoms with E-state index in [0.29, 0.717) is 17.1 Å². The molecule has 0 unspecified atom stereocenters. The van der Waals surface area contributed by atoms with Crippen LogP contribution in [0.2, 0.25) is 0 Å². The maximum Gasteiger partial charge on any atom is 0.318 e. The Morgan fingerprint density at radius 1 is 1.04 bits per heavy atom. The average Bonchev–Trinajstić information content (AvgIpc) is 2.70. The number of ether oxygens (including phenoxy) is 2. The Kier molecular flexibility index (Phi) is 6.91. The van der Waals surface area contributed by atoms with Crippen molar-refractivity contribution in [2.45, 2.75) is 4.90 Å². The molecule has 0 aliphatic heterocycles. The van der Waals surface area contributed by atoms with Crippen molar-refractivity contribution < 1.29 is 32.6 Å². The molecule has 28 heavy (non-hydrogen) atoms. The minimum Gasteiger partial charge on any atom is -0.497 e. The van der Waals surface area contributed by atoms with Gasteiger partial charge in [-0.1, -0.05) is 6.08 Å². The fourth-order valence-corrected chi connectivity index (χ4v) is 3.21. The third-order valence-corrected chi connectivity index (χ3v) is 5.08. The summed E-state index contributed by atoms with van der Waals surface area (Å²) in [5.41, 5.74) is 0.977. The van der Waals surface area contributed by atoms with Gasteiger partial charge in [0.2, 0.25) is 10.0 Å². The van der Waals surface area contributed by atoms with E-state index in [1.807, 2.05) is 4.72 Å². The fourth-order valence-electron chi connectivity index (χ4n) is 2.23. The number of hydrogen-bond donors (Lipinski definition) is 2. The Balaban J connectivity index is 2.15. The van der Waals surface area contributed by atoms with E-state index in [1.165, 1.54) is 44.6 Å². The summed E-state index contributed by atoms with van der Waals surface area (Å²) in [5.74, 6) is -0.469. The highest BCUT2D eigenvalue weighted by atomic mass is 32.2. The number of sulfonamides is 1. The van der Waals surface area contributed by atoms with E-state index in [2.05, 4.69) is 0 Å². The molecule has 0 fully saturated rings. The molecule has 2 rings (SSSR count). The first kappa shape index (κ1) is 21.1. The second kappa shape index (κ2) is 9.16. The van der Waals surface area contributed by atoms with Crippen molar-refractivity contribution in [3.63, 3.8) is 0 Å². The van der Waals surface area contributed by atoms with Gasteiger partial charge >= 0.3 is 5.97 Å². The van der Waals surface area contributed by atoms with Crippen LogP contribution in [0.1, 0.15) is 15.9 Å². The van der Waals surface area contributed by atoms with Gasteiger partial charge in [-0.05, 0) is 48.0 Å². The van der Waals surface area contributed by atoms with Crippen molar-refractivity contribution >= 4 is 27.9 Å². The normalized spacial score (nSPS) is 11.4. The first-order valence-electron chi connectivity index (χ1n) is 8.02. The summed E-state index contributed by atoms with van der Waals surface area (Å²) in [4.78, 5) is 22.7. The zero-order chi connectivity index (χ0) is 20.7. The second-order valence-corrected chi connectivity index (χ2v) is 7.35. The number of aliphatic carboxylic acids is 1. The molecular formula is C19H19NO7S. The van der Waals surface area contributed by atoms with Gasteiger partial charge in [0.1, 0.15) is 18.0 Å². The molecule has 0 spiro atoms. The number of allylic oxidation sites excluding steroid dienone is 1. The van der Waals surface area contributed by atoms with Gasteiger partial charge in [-0.2, -0.15) is 4.72 Å². The average molecular weight is 405 g/mol. The number of ketones is 1. The van der Waals surface area contributed by atoms with Crippen molar-refractivity contribution in [1.82, 2.24) is 4.72 Å². The Morgan fingerprint density at radius 2 is 1.61 bits per heavy atom. The molecule has 0 aromatic heterocycles. The number of rotatable bonds is 9. The lowest BCUT2D eigenvalue weighted by Crippen LogP contribution is -2.29. The van der Waals surface area contributed by atoms with Crippen molar-refractivity contribution in [1.29, 1.82) is 0 Å². The molecule has 2 N–H and O–H groups in total. The predicted molar refractivity (Wildman–Crippen MR) is 102 cm³/mol. The number of carbonyl (C=O) groups excluding carboxylic acids is 1. The zero-order valence-corrected chi connectivity index (χ0v) is 16.0. The summed E-state index contributed by atoms with van der Waals surface area (Å²) in [5, 5.41) is 8.56. The van der Waals surface area contributed by atoms with E-state index >= 15 is 0 Å². The van der Waals surface area contributed by atoms with Crippen molar-refractivity contribution in [2.75, 3.05) is 20.8 Å². The number of methoxy groups -OCH3 is 2. The molecule has 8 nitrogen and oxygen atoms in total. The lowest BCUT2D eigenvalue weighted by atomic mass is 10.1. The number of carbonyl (C=O) groups is 2. The first-order chi connectivity index (χ1) is 13.2. The zero-order valence-electron chi connectivity index (χ0n) is 15.2. The quantitative estimate of drug-likeness (QED) is 0.483. The molecule has 0 saturated heterocycles. The first-order valence-corrected chi connectivity index (χ1v) is 9.50. The molecular weight excluding hydrogens is 386 g/mol. The molecule has 0 aliphatic carbocycles. The minimum atomic E-state index is -3.96. The summed E-state index contributed by atoms with van der Waals surface area (Å²) in [6.45, 7) is -0.726. The molecule has 9 heteroatoms. The predicted octanol–water partition coefficient (Wildman–Crippen LogP) is 1.96. The lowest BCUT2D eigenvalue weighted by molar-refractivity contribution is -0.135. The summed E-state index contributed by atoms with van der Waals surface area (Å²) in [6, 6.07) is 10.4. The summed E-state index contributed by atoms with van der Waals surface area (Å²) < 4.78 is 36.2. The van der Waals surface area contributed by atoms with Crippen LogP contribution in [-0.2, 0) is 14.8 Å². The number of carboxylic acid groups (broad SMARTS) is 1. The molecule has 148 valence electrons. The number of benzene rings is 2. The van der Waals surface area contributed by atoms with Gasteiger partial charge in [-0.3, -0.25) is 9.59 Å². The van der Waals surface area contributed by atoms with E-state index in [0.717, 1.165) is 0 Å². The third kappa shape index (κ3) is 5.66. The highest BCUT2D eigenvalue weighted by molar-refractivity contribution is 7.89. The topological polar surface area (TPSA) is 119 Å². The SMILES string of the molecule is COc1cc(/C=C/C(=O)c2ccc(S(=O)(=O)NCC(=O)O)cc2)cc(OC)c1. The van der Waals surface area contributed by atoms with Crippen LogP contribution in [0.3, 0.4) is 0 Å². The second-order valence-electron chi connectivity index (χ2n) is 5.59. The standard InChI is InChI=1S/C19H19NO7S/c1-26-15-9-13(10-16(11-15)27-2)3-8-18(21)14-4-6-17(7-5-14)28(24,25)20-12-19(22)23/h3-11,20H,12H2,1-2H3,(H,22,23)/b8-3+. The Bertz CT molecular complexity index is 973. The van der Waals surface area contributed by atoms with Gasteiger partial charge in [-0.25, -0.2) is 8.42 Å². The molecule has 2 aromatic rings. The molecule has 0 atom stereocenters. The van der Waals surface area contributed by atoms with E-state index in [1.54, 1.807) is 24.3 Å². The molecule has 0 radical (unpaired) electrons. The van der Waals surface area contributed by atoms with Gasteiger partial charge in [0, 0.05) is 11.6 Å². The van der Waals surface area contributed by atoms with Gasteiger partial charge < -0.3 is 14.6 Å². The Morgan fingerprint density at radius 3 is 2.11 bits per heavy atom. The van der Waals surface area contributed by atoms with Crippen LogP contribution in [0, 0.1) is 0 Å². The Hall–Kier alpha value is -3.17. The molecule has 0 amide bonds. The molecule has 0 bridgehead atoms. The van der Waals surface area contributed by atoms with Gasteiger partial charge in [0.05, 0.1) is 19.1 Å². The number of carboxylic acids is 1. The highest BCUT2D eigenvalue weighted by Gasteiger charge is 2.15. The summed E-state index contributed by atoms with van der Waals surface area (Å²) in [7, 11) is -0.912. The summed E-state index contributed by atoms with van der Waals surface area (Å²) >= 11 is 0. The van der Waals surface area contributed by atoms with Crippen molar-refractivity contribution in [2.24, 2.45) is 0 Å². The van der Waals surface area contributed by atoms with E-state index < -0.39 is 22.5 Å². The maximum absolute atomic E-state index is 12.3. The fraction of sp³-hybridized carbons (Fsp3) is 0.158. The van der Waals surface area contributed by atoms with E-state index in [9.17, 15) is 18.0 Å². The van der Waals surface area contributed by atoms with E-state index in [4.69, 9.17) is 14.6 Å². The molecule has 0 saturated carbocycles. The van der Waals surface area contributed by atoms with Gasteiger partial charge in [0.15, 0.2) is 5.78 Å². The van der Waals surface area contributed by atoms with Crippen LogP contribution < -0.4 is 14.2 Å². The van der Waals surface area contributed by atoms with Gasteiger partial charge in [0.25, 0.3) is 0 Å². The minimum absolute atomic E-state index is 0.133. The third-order valence-electron chi connectivity index (χ3n) is 3.66.